The topological polar surface area (TPSA) is 95.0 Å². The molecular formula is C9H13ClN4O2. The van der Waals surface area contributed by atoms with Crippen molar-refractivity contribution in [2.45, 2.75) is 18.9 Å². The summed E-state index contributed by atoms with van der Waals surface area (Å²) in [5, 5.41) is 0.00806. The summed E-state index contributed by atoms with van der Waals surface area (Å²) < 4.78 is 0. The second kappa shape index (κ2) is 4.31. The van der Waals surface area contributed by atoms with Gasteiger partial charge in [-0.15, -0.1) is 0 Å². The molecule has 1 aromatic rings. The maximum absolute atomic E-state index is 11.3. The molecule has 1 aromatic heterocycles. The van der Waals surface area contributed by atoms with Crippen LogP contribution in [0.4, 0.5) is 5.82 Å². The first-order chi connectivity index (χ1) is 7.58. The summed E-state index contributed by atoms with van der Waals surface area (Å²) in [7, 11) is 0. The molecule has 88 valence electrons. The van der Waals surface area contributed by atoms with Crippen LogP contribution in [0.5, 0.6) is 0 Å². The third kappa shape index (κ3) is 2.12. The number of nitrogens with one attached hydrogen (secondary N) is 2. The molecule has 0 radical (unpaired) electrons. The molecule has 0 unspecified atom stereocenters. The Morgan fingerprint density at radius 1 is 1.38 bits per heavy atom. The highest BCUT2D eigenvalue weighted by molar-refractivity contribution is 6.32. The Kier molecular flexibility index (Phi) is 3.02. The van der Waals surface area contributed by atoms with Crippen molar-refractivity contribution in [1.82, 2.24) is 9.97 Å². The van der Waals surface area contributed by atoms with Crippen LogP contribution in [0.2, 0.25) is 5.02 Å². The first-order valence-corrected chi connectivity index (χ1v) is 5.48. The number of anilines is 1. The molecule has 0 bridgehead atoms. The number of nitrogens with zero attached hydrogens (tertiary/aromatic N) is 1. The standard InChI is InChI=1S/C9H13ClN4O2/c10-6-7(12-9(16)13-8(6)15)14-3-1-2-5(11)4-14/h5H,1-4,11H2,(H2,12,13,15,16)/t5-/m1/s1. The first kappa shape index (κ1) is 11.2. The van der Waals surface area contributed by atoms with E-state index in [-0.39, 0.29) is 11.1 Å². The molecule has 1 aliphatic heterocycles. The normalized spacial score (nSPS) is 21.1. The lowest BCUT2D eigenvalue weighted by Crippen LogP contribution is -2.44. The van der Waals surface area contributed by atoms with Gasteiger partial charge in [-0.05, 0) is 12.8 Å². The number of aromatic amines is 2. The molecule has 0 saturated carbocycles. The van der Waals surface area contributed by atoms with Gasteiger partial charge in [0.1, 0.15) is 10.8 Å². The van der Waals surface area contributed by atoms with Gasteiger partial charge in [-0.3, -0.25) is 14.8 Å². The van der Waals surface area contributed by atoms with Crippen molar-refractivity contribution in [3.05, 3.63) is 25.9 Å². The third-order valence-electron chi connectivity index (χ3n) is 2.64. The fourth-order valence-electron chi connectivity index (χ4n) is 1.89. The van der Waals surface area contributed by atoms with E-state index in [1.165, 1.54) is 0 Å². The minimum absolute atomic E-state index is 0.00806. The van der Waals surface area contributed by atoms with Gasteiger partial charge in [-0.25, -0.2) is 4.79 Å². The molecule has 0 aromatic carbocycles. The Labute approximate surface area is 96.4 Å². The quantitative estimate of drug-likeness (QED) is 0.629. The lowest BCUT2D eigenvalue weighted by Gasteiger charge is -2.32. The lowest BCUT2D eigenvalue weighted by atomic mass is 10.1. The van der Waals surface area contributed by atoms with Crippen LogP contribution in [0.1, 0.15) is 12.8 Å². The zero-order valence-electron chi connectivity index (χ0n) is 8.62. The monoisotopic (exact) mass is 244 g/mol. The van der Waals surface area contributed by atoms with Gasteiger partial charge in [0.2, 0.25) is 0 Å². The van der Waals surface area contributed by atoms with E-state index in [4.69, 9.17) is 17.3 Å². The van der Waals surface area contributed by atoms with E-state index in [0.29, 0.717) is 12.4 Å². The average molecular weight is 245 g/mol. The van der Waals surface area contributed by atoms with Gasteiger partial charge >= 0.3 is 5.69 Å². The van der Waals surface area contributed by atoms with E-state index < -0.39 is 11.2 Å². The molecular weight excluding hydrogens is 232 g/mol. The smallest absolute Gasteiger partial charge is 0.327 e. The van der Waals surface area contributed by atoms with Gasteiger partial charge in [0.15, 0.2) is 0 Å². The molecule has 0 aliphatic carbocycles. The minimum atomic E-state index is -0.570. The van der Waals surface area contributed by atoms with Gasteiger partial charge < -0.3 is 10.6 Å². The summed E-state index contributed by atoms with van der Waals surface area (Å²) >= 11 is 5.85. The zero-order valence-corrected chi connectivity index (χ0v) is 9.38. The zero-order chi connectivity index (χ0) is 11.7. The molecule has 1 atom stereocenters. The number of hydrogen-bond donors (Lipinski definition) is 3. The van der Waals surface area contributed by atoms with Crippen molar-refractivity contribution in [1.29, 1.82) is 0 Å². The van der Waals surface area contributed by atoms with Crippen LogP contribution in [-0.2, 0) is 0 Å². The fraction of sp³-hybridized carbons (Fsp3) is 0.556. The van der Waals surface area contributed by atoms with E-state index >= 15 is 0 Å². The number of halogens is 1. The molecule has 0 spiro atoms. The number of nitrogens with two attached hydrogens (primary N) is 1. The molecule has 1 saturated heterocycles. The summed E-state index contributed by atoms with van der Waals surface area (Å²) in [6, 6.07) is 0.0487. The Bertz CT molecular complexity index is 495. The van der Waals surface area contributed by atoms with Gasteiger partial charge in [0.25, 0.3) is 5.56 Å². The molecule has 4 N–H and O–H groups in total. The number of piperidine rings is 1. The lowest BCUT2D eigenvalue weighted by molar-refractivity contribution is 0.502. The van der Waals surface area contributed by atoms with Crippen molar-refractivity contribution in [2.75, 3.05) is 18.0 Å². The largest absolute Gasteiger partial charge is 0.355 e. The summed E-state index contributed by atoms with van der Waals surface area (Å²) in [6.45, 7) is 1.34. The maximum Gasteiger partial charge on any atom is 0.327 e. The van der Waals surface area contributed by atoms with Crippen molar-refractivity contribution < 1.29 is 0 Å². The molecule has 16 heavy (non-hydrogen) atoms. The molecule has 0 amide bonds. The summed E-state index contributed by atoms with van der Waals surface area (Å²) in [5.41, 5.74) is 4.70. The van der Waals surface area contributed by atoms with Crippen LogP contribution >= 0.6 is 11.6 Å². The average Bonchev–Trinajstić information content (AvgIpc) is 2.23. The second-order valence-electron chi connectivity index (χ2n) is 3.92. The van der Waals surface area contributed by atoms with Crippen LogP contribution in [0.25, 0.3) is 0 Å². The van der Waals surface area contributed by atoms with Crippen molar-refractivity contribution in [3.63, 3.8) is 0 Å². The molecule has 2 heterocycles. The minimum Gasteiger partial charge on any atom is -0.355 e. The fourth-order valence-corrected chi connectivity index (χ4v) is 2.10. The van der Waals surface area contributed by atoms with Gasteiger partial charge in [0.05, 0.1) is 0 Å². The van der Waals surface area contributed by atoms with Gasteiger partial charge in [-0.1, -0.05) is 11.6 Å². The Balaban J connectivity index is 2.39. The van der Waals surface area contributed by atoms with Crippen molar-refractivity contribution in [2.24, 2.45) is 5.73 Å². The number of rotatable bonds is 1. The van der Waals surface area contributed by atoms with E-state index in [1.807, 2.05) is 4.90 Å². The predicted molar refractivity (Wildman–Crippen MR) is 62.1 cm³/mol. The van der Waals surface area contributed by atoms with Gasteiger partial charge in [0, 0.05) is 19.1 Å². The highest BCUT2D eigenvalue weighted by atomic mass is 35.5. The second-order valence-corrected chi connectivity index (χ2v) is 4.30. The third-order valence-corrected chi connectivity index (χ3v) is 2.99. The van der Waals surface area contributed by atoms with E-state index in [9.17, 15) is 9.59 Å². The highest BCUT2D eigenvalue weighted by Crippen LogP contribution is 2.21. The first-order valence-electron chi connectivity index (χ1n) is 5.10. The number of hydrogen-bond acceptors (Lipinski definition) is 4. The van der Waals surface area contributed by atoms with Crippen LogP contribution in [0.15, 0.2) is 9.59 Å². The molecule has 6 nitrogen and oxygen atoms in total. The Morgan fingerprint density at radius 3 is 2.81 bits per heavy atom. The van der Waals surface area contributed by atoms with Gasteiger partial charge in [-0.2, -0.15) is 0 Å². The maximum atomic E-state index is 11.3. The number of aromatic nitrogens is 2. The van der Waals surface area contributed by atoms with Crippen LogP contribution in [0, 0.1) is 0 Å². The molecule has 7 heteroatoms. The predicted octanol–water partition coefficient (Wildman–Crippen LogP) is -0.356. The summed E-state index contributed by atoms with van der Waals surface area (Å²) in [5.74, 6) is 0.366. The van der Waals surface area contributed by atoms with Crippen LogP contribution < -0.4 is 21.9 Å². The number of H-pyrrole nitrogens is 2. The van der Waals surface area contributed by atoms with E-state index in [0.717, 1.165) is 19.4 Å². The van der Waals surface area contributed by atoms with Crippen LogP contribution in [-0.4, -0.2) is 29.1 Å². The van der Waals surface area contributed by atoms with E-state index in [1.54, 1.807) is 0 Å². The van der Waals surface area contributed by atoms with Crippen molar-refractivity contribution >= 4 is 17.4 Å². The molecule has 1 fully saturated rings. The van der Waals surface area contributed by atoms with Crippen LogP contribution in [0.3, 0.4) is 0 Å². The molecule has 1 aliphatic rings. The Morgan fingerprint density at radius 2 is 2.12 bits per heavy atom. The Hall–Kier alpha value is -1.27. The highest BCUT2D eigenvalue weighted by Gasteiger charge is 2.20. The summed E-state index contributed by atoms with van der Waals surface area (Å²) in [4.78, 5) is 28.9. The van der Waals surface area contributed by atoms with E-state index in [2.05, 4.69) is 9.97 Å². The summed E-state index contributed by atoms with van der Waals surface area (Å²) in [6.07, 6.45) is 1.87. The molecule has 2 rings (SSSR count). The van der Waals surface area contributed by atoms with Crippen molar-refractivity contribution in [3.8, 4) is 0 Å². The SMILES string of the molecule is N[C@@H]1CCCN(c2[nH]c(=O)[nH]c(=O)c2Cl)C1.